The molecule has 1 aliphatic heterocycles. The average molecular weight is 340 g/mol. The van der Waals surface area contributed by atoms with Crippen LogP contribution in [0.25, 0.3) is 0 Å². The van der Waals surface area contributed by atoms with Crippen LogP contribution in [-0.4, -0.2) is 48.8 Å². The van der Waals surface area contributed by atoms with E-state index in [1.807, 2.05) is 24.5 Å². The summed E-state index contributed by atoms with van der Waals surface area (Å²) in [7, 11) is 1.65. The molecule has 2 amide bonds. The second kappa shape index (κ2) is 7.89. The van der Waals surface area contributed by atoms with Gasteiger partial charge in [-0.25, -0.2) is 0 Å². The lowest BCUT2D eigenvalue weighted by atomic mass is 10.0. The average Bonchev–Trinajstić information content (AvgIpc) is 3.02. The van der Waals surface area contributed by atoms with Gasteiger partial charge in [0, 0.05) is 24.3 Å². The van der Waals surface area contributed by atoms with Gasteiger partial charge >= 0.3 is 11.8 Å². The minimum atomic E-state index is -0.654. The number of amides is 2. The molecule has 1 aromatic rings. The van der Waals surface area contributed by atoms with Gasteiger partial charge in [0.15, 0.2) is 0 Å². The fourth-order valence-corrected chi connectivity index (χ4v) is 4.16. The molecule has 0 bridgehead atoms. The summed E-state index contributed by atoms with van der Waals surface area (Å²) in [5.41, 5.74) is 0.297. The Kier molecular flexibility index (Phi) is 6.16. The first-order chi connectivity index (χ1) is 10.6. The zero-order chi connectivity index (χ0) is 16.0. The molecule has 120 valence electrons. The Labute approximate surface area is 138 Å². The maximum absolute atomic E-state index is 12.0. The van der Waals surface area contributed by atoms with E-state index in [0.717, 1.165) is 22.8 Å². The third-order valence-corrected chi connectivity index (χ3v) is 5.65. The highest BCUT2D eigenvalue weighted by Crippen LogP contribution is 2.30. The van der Waals surface area contributed by atoms with Crippen molar-refractivity contribution in [3.05, 3.63) is 24.3 Å². The van der Waals surface area contributed by atoms with Crippen molar-refractivity contribution in [2.75, 3.05) is 36.7 Å². The summed E-state index contributed by atoms with van der Waals surface area (Å²) >= 11 is 3.31. The van der Waals surface area contributed by atoms with Gasteiger partial charge in [0.1, 0.15) is 0 Å². The number of thioether (sulfide) groups is 2. The fourth-order valence-electron chi connectivity index (χ4n) is 2.21. The van der Waals surface area contributed by atoms with Crippen LogP contribution in [-0.2, 0) is 14.3 Å². The topological polar surface area (TPSA) is 67.4 Å². The smallest absolute Gasteiger partial charge is 0.313 e. The van der Waals surface area contributed by atoms with Crippen LogP contribution in [0, 0.1) is 0 Å². The lowest BCUT2D eigenvalue weighted by Crippen LogP contribution is -2.47. The van der Waals surface area contributed by atoms with Gasteiger partial charge in [0.05, 0.1) is 11.3 Å². The van der Waals surface area contributed by atoms with Crippen molar-refractivity contribution in [1.29, 1.82) is 0 Å². The summed E-state index contributed by atoms with van der Waals surface area (Å²) in [5, 5.41) is 5.33. The lowest BCUT2D eigenvalue weighted by Gasteiger charge is -2.26. The molecule has 0 aliphatic carbocycles. The summed E-state index contributed by atoms with van der Waals surface area (Å²) < 4.78 is 5.51. The van der Waals surface area contributed by atoms with Crippen LogP contribution in [0.15, 0.2) is 29.2 Å². The van der Waals surface area contributed by atoms with E-state index in [9.17, 15) is 9.59 Å². The number of hydrogen-bond donors (Lipinski definition) is 2. The number of nitrogens with one attached hydrogen (secondary N) is 2. The number of anilines is 1. The van der Waals surface area contributed by atoms with Crippen molar-refractivity contribution in [1.82, 2.24) is 5.32 Å². The van der Waals surface area contributed by atoms with Crippen LogP contribution < -0.4 is 10.6 Å². The second-order valence-corrected chi connectivity index (χ2v) is 6.98. The Morgan fingerprint density at radius 3 is 2.77 bits per heavy atom. The summed E-state index contributed by atoms with van der Waals surface area (Å²) in [5.74, 6) is 0.556. The van der Waals surface area contributed by atoms with Gasteiger partial charge in [-0.3, -0.25) is 9.59 Å². The highest BCUT2D eigenvalue weighted by molar-refractivity contribution is 7.99. The van der Waals surface area contributed by atoms with E-state index >= 15 is 0 Å². The molecule has 0 saturated carbocycles. The van der Waals surface area contributed by atoms with Gasteiger partial charge < -0.3 is 15.4 Å². The van der Waals surface area contributed by atoms with Crippen LogP contribution in [0.3, 0.4) is 0 Å². The quantitative estimate of drug-likeness (QED) is 0.634. The van der Waals surface area contributed by atoms with Crippen molar-refractivity contribution in [3.8, 4) is 0 Å². The molecular weight excluding hydrogens is 320 g/mol. The molecule has 1 heterocycles. The van der Waals surface area contributed by atoms with Crippen LogP contribution in [0.1, 0.15) is 6.42 Å². The SMILES string of the molecule is COC1(CNC(=O)C(=O)Nc2ccccc2SC)CCSC1. The third-order valence-electron chi connectivity index (χ3n) is 3.63. The zero-order valence-corrected chi connectivity index (χ0v) is 14.3. The van der Waals surface area contributed by atoms with Crippen molar-refractivity contribution < 1.29 is 14.3 Å². The number of rotatable bonds is 5. The minimum absolute atomic E-state index is 0.349. The fraction of sp³-hybridized carbons (Fsp3) is 0.467. The number of carbonyl (C=O) groups is 2. The van der Waals surface area contributed by atoms with Gasteiger partial charge in [0.25, 0.3) is 0 Å². The van der Waals surface area contributed by atoms with Crippen molar-refractivity contribution in [2.45, 2.75) is 16.9 Å². The summed E-state index contributed by atoms with van der Waals surface area (Å²) in [6, 6.07) is 7.39. The number of benzene rings is 1. The molecule has 1 unspecified atom stereocenters. The van der Waals surface area contributed by atoms with E-state index < -0.39 is 11.8 Å². The first kappa shape index (κ1) is 17.2. The van der Waals surface area contributed by atoms with Gasteiger partial charge in [-0.2, -0.15) is 11.8 Å². The lowest BCUT2D eigenvalue weighted by molar-refractivity contribution is -0.136. The van der Waals surface area contributed by atoms with Crippen molar-refractivity contribution in [2.24, 2.45) is 0 Å². The molecular formula is C15H20N2O3S2. The van der Waals surface area contributed by atoms with Crippen LogP contribution >= 0.6 is 23.5 Å². The Morgan fingerprint density at radius 2 is 2.14 bits per heavy atom. The molecule has 5 nitrogen and oxygen atoms in total. The number of para-hydroxylation sites is 1. The van der Waals surface area contributed by atoms with Gasteiger partial charge in [-0.05, 0) is 30.6 Å². The summed E-state index contributed by atoms with van der Waals surface area (Å²) in [6.07, 6.45) is 2.80. The van der Waals surface area contributed by atoms with Crippen LogP contribution in [0.2, 0.25) is 0 Å². The normalized spacial score (nSPS) is 20.6. The number of ether oxygens (including phenoxy) is 1. The molecule has 2 N–H and O–H groups in total. The van der Waals surface area contributed by atoms with Crippen molar-refractivity contribution >= 4 is 41.0 Å². The maximum Gasteiger partial charge on any atom is 0.313 e. The largest absolute Gasteiger partial charge is 0.376 e. The van der Waals surface area contributed by atoms with Crippen LogP contribution in [0.4, 0.5) is 5.69 Å². The number of hydrogen-bond acceptors (Lipinski definition) is 5. The molecule has 0 radical (unpaired) electrons. The van der Waals surface area contributed by atoms with E-state index in [4.69, 9.17) is 4.74 Å². The molecule has 1 aliphatic rings. The minimum Gasteiger partial charge on any atom is -0.376 e. The zero-order valence-electron chi connectivity index (χ0n) is 12.7. The molecule has 7 heteroatoms. The molecule has 2 rings (SSSR count). The predicted molar refractivity (Wildman–Crippen MR) is 91.5 cm³/mol. The van der Waals surface area contributed by atoms with E-state index in [1.54, 1.807) is 24.9 Å². The van der Waals surface area contributed by atoms with E-state index in [1.165, 1.54) is 11.8 Å². The summed E-state index contributed by atoms with van der Waals surface area (Å²) in [6.45, 7) is 0.354. The third kappa shape index (κ3) is 4.18. The molecule has 22 heavy (non-hydrogen) atoms. The highest BCUT2D eigenvalue weighted by atomic mass is 32.2. The second-order valence-electron chi connectivity index (χ2n) is 5.03. The number of methoxy groups -OCH3 is 1. The first-order valence-electron chi connectivity index (χ1n) is 6.95. The predicted octanol–water partition coefficient (Wildman–Crippen LogP) is 1.99. The molecule has 1 fully saturated rings. The van der Waals surface area contributed by atoms with Crippen molar-refractivity contribution in [3.63, 3.8) is 0 Å². The van der Waals surface area contributed by atoms with Gasteiger partial charge in [-0.1, -0.05) is 12.1 Å². The van der Waals surface area contributed by atoms with Gasteiger partial charge in [-0.15, -0.1) is 11.8 Å². The molecule has 0 spiro atoms. The molecule has 1 atom stereocenters. The molecule has 1 saturated heterocycles. The number of carbonyl (C=O) groups excluding carboxylic acids is 2. The standard InChI is InChI=1S/C15H20N2O3S2/c1-20-15(7-8-22-10-15)9-16-13(18)14(19)17-11-5-3-4-6-12(11)21-2/h3-6H,7-10H2,1-2H3,(H,16,18)(H,17,19). The Bertz CT molecular complexity index is 545. The van der Waals surface area contributed by atoms with Crippen LogP contribution in [0.5, 0.6) is 0 Å². The van der Waals surface area contributed by atoms with E-state index in [0.29, 0.717) is 12.2 Å². The maximum atomic E-state index is 12.0. The molecule has 1 aromatic carbocycles. The monoisotopic (exact) mass is 340 g/mol. The van der Waals surface area contributed by atoms with Gasteiger partial charge in [0.2, 0.25) is 0 Å². The Morgan fingerprint density at radius 1 is 1.36 bits per heavy atom. The first-order valence-corrected chi connectivity index (χ1v) is 9.33. The van der Waals surface area contributed by atoms with E-state index in [-0.39, 0.29) is 5.60 Å². The summed E-state index contributed by atoms with van der Waals surface area (Å²) in [4.78, 5) is 24.9. The highest BCUT2D eigenvalue weighted by Gasteiger charge is 2.35. The Balaban J connectivity index is 1.91. The Hall–Kier alpha value is -1.18. The van der Waals surface area contributed by atoms with E-state index in [2.05, 4.69) is 10.6 Å². The molecule has 0 aromatic heterocycles.